The second-order valence-corrected chi connectivity index (χ2v) is 8.08. The second kappa shape index (κ2) is 5.75. The minimum atomic E-state index is -3.38. The van der Waals surface area contributed by atoms with Gasteiger partial charge in [0.15, 0.2) is 5.17 Å². The molecule has 0 aromatic heterocycles. The van der Waals surface area contributed by atoms with Crippen LogP contribution in [-0.4, -0.2) is 30.8 Å². The maximum absolute atomic E-state index is 14.6. The van der Waals surface area contributed by atoms with Gasteiger partial charge in [-0.1, -0.05) is 54.2 Å². The van der Waals surface area contributed by atoms with Gasteiger partial charge in [0, 0.05) is 23.1 Å². The van der Waals surface area contributed by atoms with Gasteiger partial charge in [0.2, 0.25) is 0 Å². The van der Waals surface area contributed by atoms with Crippen molar-refractivity contribution in [1.29, 1.82) is 0 Å². The van der Waals surface area contributed by atoms with E-state index in [2.05, 4.69) is 4.40 Å². The minimum absolute atomic E-state index is 0.0288. The van der Waals surface area contributed by atoms with Gasteiger partial charge in [-0.25, -0.2) is 12.8 Å². The lowest BCUT2D eigenvalue weighted by atomic mass is 10.0. The average molecular weight is 360 g/mol. The molecule has 0 amide bonds. The molecular weight excluding hydrogens is 347 g/mol. The maximum atomic E-state index is 14.6. The molecule has 2 heterocycles. The summed E-state index contributed by atoms with van der Waals surface area (Å²) in [7, 11) is -3.38. The first-order valence-corrected chi connectivity index (χ1v) is 9.85. The van der Waals surface area contributed by atoms with Crippen LogP contribution >= 0.6 is 11.8 Å². The van der Waals surface area contributed by atoms with Gasteiger partial charge in [-0.15, -0.1) is 4.40 Å². The molecule has 2 aliphatic rings. The van der Waals surface area contributed by atoms with Gasteiger partial charge in [-0.05, 0) is 11.6 Å². The van der Waals surface area contributed by atoms with Crippen LogP contribution in [0.2, 0.25) is 0 Å². The van der Waals surface area contributed by atoms with Crippen LogP contribution in [-0.2, 0) is 10.0 Å². The summed E-state index contributed by atoms with van der Waals surface area (Å²) in [4.78, 5) is 1.82. The van der Waals surface area contributed by atoms with E-state index in [9.17, 15) is 12.8 Å². The van der Waals surface area contributed by atoms with Crippen molar-refractivity contribution in [2.24, 2.45) is 4.40 Å². The van der Waals surface area contributed by atoms with E-state index in [0.29, 0.717) is 22.8 Å². The van der Waals surface area contributed by atoms with Crippen LogP contribution in [0.25, 0.3) is 16.8 Å². The number of halogens is 1. The molecule has 0 saturated carbocycles. The number of sulfonamides is 1. The van der Waals surface area contributed by atoms with Crippen LogP contribution in [0.3, 0.4) is 0 Å². The number of fused-ring (bicyclic) bond motifs is 1. The number of thioether (sulfide) groups is 1. The van der Waals surface area contributed by atoms with Gasteiger partial charge in [-0.3, -0.25) is 0 Å². The molecule has 2 aromatic carbocycles. The highest BCUT2D eigenvalue weighted by molar-refractivity contribution is 8.17. The highest BCUT2D eigenvalue weighted by atomic mass is 32.2. The van der Waals surface area contributed by atoms with E-state index in [-0.39, 0.29) is 11.6 Å². The van der Waals surface area contributed by atoms with E-state index in [1.54, 1.807) is 6.07 Å². The van der Waals surface area contributed by atoms with E-state index in [1.165, 1.54) is 17.8 Å². The summed E-state index contributed by atoms with van der Waals surface area (Å²) >= 11 is 1.25. The molecule has 4 rings (SSSR count). The zero-order valence-corrected chi connectivity index (χ0v) is 14.1. The van der Waals surface area contributed by atoms with E-state index >= 15 is 0 Å². The lowest BCUT2D eigenvalue weighted by Gasteiger charge is -2.25. The van der Waals surface area contributed by atoms with Crippen molar-refractivity contribution >= 4 is 32.6 Å². The fourth-order valence-electron chi connectivity index (χ4n) is 2.75. The Morgan fingerprint density at radius 1 is 1.08 bits per heavy atom. The van der Waals surface area contributed by atoms with Gasteiger partial charge < -0.3 is 4.90 Å². The topological polar surface area (TPSA) is 49.7 Å². The Morgan fingerprint density at radius 2 is 1.88 bits per heavy atom. The molecule has 24 heavy (non-hydrogen) atoms. The minimum Gasteiger partial charge on any atom is -0.318 e. The number of hydrogen-bond donors (Lipinski definition) is 0. The number of nitrogens with zero attached hydrogens (tertiary/aromatic N) is 2. The third-order valence-corrected chi connectivity index (χ3v) is 6.07. The van der Waals surface area contributed by atoms with Crippen molar-refractivity contribution in [1.82, 2.24) is 4.90 Å². The van der Waals surface area contributed by atoms with Crippen molar-refractivity contribution in [2.75, 3.05) is 12.3 Å². The first-order chi connectivity index (χ1) is 11.5. The Kier molecular flexibility index (Phi) is 3.69. The predicted molar refractivity (Wildman–Crippen MR) is 95.3 cm³/mol. The van der Waals surface area contributed by atoms with Gasteiger partial charge in [-0.2, -0.15) is 0 Å². The highest BCUT2D eigenvalue weighted by Gasteiger charge is 2.31. The molecule has 7 heteroatoms. The largest absolute Gasteiger partial charge is 0.318 e. The fourth-order valence-corrected chi connectivity index (χ4v) is 4.90. The molecule has 0 aliphatic carbocycles. The van der Waals surface area contributed by atoms with Crippen LogP contribution in [0.4, 0.5) is 4.39 Å². The molecule has 122 valence electrons. The van der Waals surface area contributed by atoms with E-state index in [1.807, 2.05) is 46.7 Å². The number of amidine groups is 1. The standard InChI is InChI=1S/C17H13FN2O2S2/c18-15-10-13(6-7-14(15)12-4-2-1-3-5-12)16-11-23-17-19-24(21,22)9-8-20(16)17/h1-7,10-11H,8-9H2. The molecule has 0 atom stereocenters. The Morgan fingerprint density at radius 3 is 2.62 bits per heavy atom. The molecular formula is C17H13FN2O2S2. The van der Waals surface area contributed by atoms with E-state index in [0.717, 1.165) is 11.3 Å². The molecule has 0 N–H and O–H groups in total. The molecule has 2 aliphatic heterocycles. The van der Waals surface area contributed by atoms with Crippen LogP contribution in [0.1, 0.15) is 5.56 Å². The number of hydrogen-bond acceptors (Lipinski definition) is 4. The molecule has 2 aromatic rings. The lowest BCUT2D eigenvalue weighted by molar-refractivity contribution is 0.566. The zero-order chi connectivity index (χ0) is 16.7. The molecule has 0 fully saturated rings. The van der Waals surface area contributed by atoms with Crippen LogP contribution in [0.15, 0.2) is 58.3 Å². The fraction of sp³-hybridized carbons (Fsp3) is 0.118. The summed E-state index contributed by atoms with van der Waals surface area (Å²) in [6.07, 6.45) is 0. The third kappa shape index (κ3) is 2.74. The van der Waals surface area contributed by atoms with Gasteiger partial charge in [0.05, 0.1) is 11.4 Å². The Hall–Kier alpha value is -2.12. The lowest BCUT2D eigenvalue weighted by Crippen LogP contribution is -2.34. The van der Waals surface area contributed by atoms with Crippen molar-refractivity contribution in [3.63, 3.8) is 0 Å². The summed E-state index contributed by atoms with van der Waals surface area (Å²) in [5, 5.41) is 2.25. The van der Waals surface area contributed by atoms with Gasteiger partial charge >= 0.3 is 0 Å². The predicted octanol–water partition coefficient (Wildman–Crippen LogP) is 3.54. The first-order valence-electron chi connectivity index (χ1n) is 7.36. The smallest absolute Gasteiger partial charge is 0.257 e. The Bertz CT molecular complexity index is 969. The van der Waals surface area contributed by atoms with E-state index < -0.39 is 10.0 Å². The van der Waals surface area contributed by atoms with Crippen molar-refractivity contribution in [3.8, 4) is 11.1 Å². The molecule has 0 unspecified atom stereocenters. The third-order valence-electron chi connectivity index (χ3n) is 3.94. The summed E-state index contributed by atoms with van der Waals surface area (Å²) in [6, 6.07) is 14.4. The normalized spacial score (nSPS) is 18.8. The Balaban J connectivity index is 1.68. The molecule has 0 bridgehead atoms. The maximum Gasteiger partial charge on any atom is 0.257 e. The molecule has 0 spiro atoms. The van der Waals surface area contributed by atoms with Crippen molar-refractivity contribution < 1.29 is 12.8 Å². The summed E-state index contributed by atoms with van der Waals surface area (Å²) in [5.41, 5.74) is 2.86. The van der Waals surface area contributed by atoms with Crippen LogP contribution < -0.4 is 0 Å². The second-order valence-electron chi connectivity index (χ2n) is 5.49. The number of rotatable bonds is 2. The molecule has 0 saturated heterocycles. The van der Waals surface area contributed by atoms with Gasteiger partial charge in [0.1, 0.15) is 5.82 Å². The average Bonchev–Trinajstić information content (AvgIpc) is 2.97. The zero-order valence-electron chi connectivity index (χ0n) is 12.5. The SMILES string of the molecule is O=S1(=O)CCN2C(c3ccc(-c4ccccc4)c(F)c3)=CSC2=N1. The molecule has 0 radical (unpaired) electrons. The quantitative estimate of drug-likeness (QED) is 0.822. The van der Waals surface area contributed by atoms with Crippen LogP contribution in [0.5, 0.6) is 0 Å². The monoisotopic (exact) mass is 360 g/mol. The molecule has 4 nitrogen and oxygen atoms in total. The van der Waals surface area contributed by atoms with Crippen molar-refractivity contribution in [2.45, 2.75) is 0 Å². The summed E-state index contributed by atoms with van der Waals surface area (Å²) in [5.74, 6) is -0.335. The van der Waals surface area contributed by atoms with Gasteiger partial charge in [0.25, 0.3) is 10.0 Å². The first kappa shape index (κ1) is 15.4. The van der Waals surface area contributed by atoms with E-state index in [4.69, 9.17) is 0 Å². The summed E-state index contributed by atoms with van der Waals surface area (Å²) in [6.45, 7) is 0.335. The van der Waals surface area contributed by atoms with Crippen LogP contribution in [0, 0.1) is 5.82 Å². The summed E-state index contributed by atoms with van der Waals surface area (Å²) < 4.78 is 41.5. The highest BCUT2D eigenvalue weighted by Crippen LogP contribution is 2.36. The number of benzene rings is 2. The Labute approximate surface area is 143 Å². The van der Waals surface area contributed by atoms with Crippen molar-refractivity contribution in [3.05, 3.63) is 65.3 Å².